The second kappa shape index (κ2) is 3.74. The first-order valence-corrected chi connectivity index (χ1v) is 6.71. The fourth-order valence-corrected chi connectivity index (χ4v) is 3.73. The Kier molecular flexibility index (Phi) is 2.47. The maximum atomic E-state index is 11.8. The van der Waals surface area contributed by atoms with Gasteiger partial charge in [-0.2, -0.15) is 0 Å². The van der Waals surface area contributed by atoms with Crippen LogP contribution in [0.15, 0.2) is 15.0 Å². The van der Waals surface area contributed by atoms with E-state index in [2.05, 4.69) is 31.9 Å². The predicted molar refractivity (Wildman–Crippen MR) is 68.0 cm³/mol. The van der Waals surface area contributed by atoms with E-state index >= 15 is 0 Å². The minimum atomic E-state index is 0.0541. The van der Waals surface area contributed by atoms with E-state index in [1.54, 1.807) is 0 Å². The highest BCUT2D eigenvalue weighted by Gasteiger charge is 2.33. The molecule has 0 saturated carbocycles. The summed E-state index contributed by atoms with van der Waals surface area (Å²) in [6.07, 6.45) is 2.00. The lowest BCUT2D eigenvalue weighted by Gasteiger charge is -2.35. The highest BCUT2D eigenvalue weighted by Crippen LogP contribution is 2.46. The summed E-state index contributed by atoms with van der Waals surface area (Å²) in [6.45, 7) is 0.942. The van der Waals surface area contributed by atoms with Crippen molar-refractivity contribution < 1.29 is 9.53 Å². The van der Waals surface area contributed by atoms with E-state index < -0.39 is 0 Å². The van der Waals surface area contributed by atoms with Gasteiger partial charge in [-0.25, -0.2) is 0 Å². The van der Waals surface area contributed by atoms with Gasteiger partial charge in [-0.3, -0.25) is 4.79 Å². The van der Waals surface area contributed by atoms with Crippen LogP contribution >= 0.6 is 31.9 Å². The van der Waals surface area contributed by atoms with E-state index in [1.807, 2.05) is 11.0 Å². The largest absolute Gasteiger partial charge is 0.480 e. The Bertz CT molecular complexity index is 467. The van der Waals surface area contributed by atoms with Crippen LogP contribution in [0.4, 0.5) is 5.69 Å². The molecule has 0 unspecified atom stereocenters. The molecule has 1 aromatic carbocycles. The highest BCUT2D eigenvalue weighted by molar-refractivity contribution is 9.11. The van der Waals surface area contributed by atoms with Crippen LogP contribution in [-0.4, -0.2) is 19.1 Å². The number of hydrogen-bond acceptors (Lipinski definition) is 2. The number of anilines is 1. The van der Waals surface area contributed by atoms with E-state index in [0.29, 0.717) is 0 Å². The van der Waals surface area contributed by atoms with Crippen molar-refractivity contribution in [1.82, 2.24) is 0 Å². The number of rotatable bonds is 0. The molecule has 0 aliphatic carbocycles. The van der Waals surface area contributed by atoms with Crippen LogP contribution in [0.3, 0.4) is 0 Å². The summed E-state index contributed by atoms with van der Waals surface area (Å²) in [5.74, 6) is 0.857. The van der Waals surface area contributed by atoms with Crippen LogP contribution in [0.5, 0.6) is 5.75 Å². The van der Waals surface area contributed by atoms with Gasteiger partial charge < -0.3 is 9.64 Å². The molecule has 0 saturated heterocycles. The Labute approximate surface area is 110 Å². The third-order valence-corrected chi connectivity index (χ3v) is 4.28. The molecule has 2 aliphatic rings. The summed E-state index contributed by atoms with van der Waals surface area (Å²) in [5.41, 5.74) is 2.13. The number of amides is 1. The molecule has 0 spiro atoms. The van der Waals surface area contributed by atoms with Crippen LogP contribution in [0.25, 0.3) is 0 Å². The maximum absolute atomic E-state index is 11.8. The zero-order valence-corrected chi connectivity index (χ0v) is 11.6. The summed E-state index contributed by atoms with van der Waals surface area (Å²) in [6, 6.07) is 1.99. The fraction of sp³-hybridized carbons (Fsp3) is 0.364. The summed E-state index contributed by atoms with van der Waals surface area (Å²) in [7, 11) is 0. The SMILES string of the molecule is O=C1COc2c(Br)cc(Br)c3c2N1CCC3. The Morgan fingerprint density at radius 1 is 1.31 bits per heavy atom. The monoisotopic (exact) mass is 345 g/mol. The maximum Gasteiger partial charge on any atom is 0.265 e. The number of hydrogen-bond donors (Lipinski definition) is 0. The zero-order valence-electron chi connectivity index (χ0n) is 8.43. The summed E-state index contributed by atoms with van der Waals surface area (Å²) in [4.78, 5) is 13.6. The van der Waals surface area contributed by atoms with E-state index in [1.165, 1.54) is 5.56 Å². The van der Waals surface area contributed by atoms with Gasteiger partial charge in [-0.1, -0.05) is 15.9 Å². The average Bonchev–Trinajstić information content (AvgIpc) is 2.27. The standard InChI is InChI=1S/C11H9Br2NO2/c12-7-4-8(13)11-10-6(7)2-1-3-14(10)9(15)5-16-11/h4H,1-3,5H2. The summed E-state index contributed by atoms with van der Waals surface area (Å²) >= 11 is 7.02. The minimum Gasteiger partial charge on any atom is -0.480 e. The van der Waals surface area contributed by atoms with Gasteiger partial charge in [0.05, 0.1) is 10.2 Å². The number of nitrogens with zero attached hydrogens (tertiary/aromatic N) is 1. The van der Waals surface area contributed by atoms with Crippen LogP contribution in [0.2, 0.25) is 0 Å². The molecule has 5 heteroatoms. The molecule has 2 aliphatic heterocycles. The minimum absolute atomic E-state index is 0.0541. The molecule has 1 amide bonds. The van der Waals surface area contributed by atoms with Gasteiger partial charge in [-0.15, -0.1) is 0 Å². The van der Waals surface area contributed by atoms with Gasteiger partial charge in [0.15, 0.2) is 12.4 Å². The van der Waals surface area contributed by atoms with Crippen molar-refractivity contribution in [3.63, 3.8) is 0 Å². The molecule has 1 aromatic rings. The molecule has 16 heavy (non-hydrogen) atoms. The van der Waals surface area contributed by atoms with E-state index in [9.17, 15) is 4.79 Å². The lowest BCUT2D eigenvalue weighted by molar-refractivity contribution is -0.121. The molecule has 2 heterocycles. The number of carbonyl (C=O) groups excluding carboxylic acids is 1. The Balaban J connectivity index is 2.29. The Morgan fingerprint density at radius 2 is 2.12 bits per heavy atom. The average molecular weight is 347 g/mol. The van der Waals surface area contributed by atoms with Crippen molar-refractivity contribution in [2.24, 2.45) is 0 Å². The third-order valence-electron chi connectivity index (χ3n) is 2.98. The Morgan fingerprint density at radius 3 is 2.94 bits per heavy atom. The smallest absolute Gasteiger partial charge is 0.265 e. The Hall–Kier alpha value is -0.550. The van der Waals surface area contributed by atoms with E-state index in [4.69, 9.17) is 4.74 Å². The number of ether oxygens (including phenoxy) is 1. The number of benzene rings is 1. The van der Waals surface area contributed by atoms with Crippen molar-refractivity contribution in [3.05, 3.63) is 20.6 Å². The fourth-order valence-electron chi connectivity index (χ4n) is 2.27. The topological polar surface area (TPSA) is 29.5 Å². The summed E-state index contributed by atoms with van der Waals surface area (Å²) < 4.78 is 7.45. The summed E-state index contributed by atoms with van der Waals surface area (Å²) in [5, 5.41) is 0. The highest BCUT2D eigenvalue weighted by atomic mass is 79.9. The first kappa shape index (κ1) is 10.6. The lowest BCUT2D eigenvalue weighted by Crippen LogP contribution is -2.42. The van der Waals surface area contributed by atoms with Crippen molar-refractivity contribution in [2.75, 3.05) is 18.1 Å². The van der Waals surface area contributed by atoms with Gasteiger partial charge in [-0.05, 0) is 40.4 Å². The van der Waals surface area contributed by atoms with Gasteiger partial charge >= 0.3 is 0 Å². The molecule has 84 valence electrons. The molecular formula is C11H9Br2NO2. The molecule has 0 radical (unpaired) electrons. The van der Waals surface area contributed by atoms with Crippen LogP contribution in [0, 0.1) is 0 Å². The van der Waals surface area contributed by atoms with Gasteiger partial charge in [0, 0.05) is 11.0 Å². The van der Waals surface area contributed by atoms with Gasteiger partial charge in [0.25, 0.3) is 5.91 Å². The zero-order chi connectivity index (χ0) is 11.3. The van der Waals surface area contributed by atoms with Crippen LogP contribution in [-0.2, 0) is 11.2 Å². The quantitative estimate of drug-likeness (QED) is 0.723. The van der Waals surface area contributed by atoms with E-state index in [0.717, 1.165) is 39.8 Å². The molecule has 0 fully saturated rings. The molecule has 3 rings (SSSR count). The van der Waals surface area contributed by atoms with Crippen molar-refractivity contribution in [2.45, 2.75) is 12.8 Å². The second-order valence-corrected chi connectivity index (χ2v) is 5.64. The molecule has 0 N–H and O–H groups in total. The molecule has 3 nitrogen and oxygen atoms in total. The number of halogens is 2. The van der Waals surface area contributed by atoms with Gasteiger partial charge in [0.2, 0.25) is 0 Å². The first-order valence-electron chi connectivity index (χ1n) is 5.12. The van der Waals surface area contributed by atoms with Gasteiger partial charge in [0.1, 0.15) is 0 Å². The van der Waals surface area contributed by atoms with Crippen LogP contribution < -0.4 is 9.64 Å². The molecular weight excluding hydrogens is 338 g/mol. The van der Waals surface area contributed by atoms with Crippen molar-refractivity contribution in [3.8, 4) is 5.75 Å². The first-order chi connectivity index (χ1) is 7.68. The van der Waals surface area contributed by atoms with E-state index in [-0.39, 0.29) is 12.5 Å². The lowest BCUT2D eigenvalue weighted by atomic mass is 10.00. The third kappa shape index (κ3) is 1.41. The van der Waals surface area contributed by atoms with Crippen molar-refractivity contribution in [1.29, 1.82) is 0 Å². The van der Waals surface area contributed by atoms with Crippen molar-refractivity contribution >= 4 is 43.5 Å². The molecule has 0 bridgehead atoms. The van der Waals surface area contributed by atoms with Crippen LogP contribution in [0.1, 0.15) is 12.0 Å². The normalized spacial score (nSPS) is 18.1. The molecule has 0 aromatic heterocycles. The predicted octanol–water partition coefficient (Wildman–Crippen LogP) is 2.88. The number of carbonyl (C=O) groups is 1. The molecule has 0 atom stereocenters. The second-order valence-electron chi connectivity index (χ2n) is 3.93.